The van der Waals surface area contributed by atoms with Crippen molar-refractivity contribution < 1.29 is 0 Å². The molecule has 2 rings (SSSR count). The van der Waals surface area contributed by atoms with E-state index in [2.05, 4.69) is 20.7 Å². The van der Waals surface area contributed by atoms with E-state index in [4.69, 9.17) is 5.84 Å². The van der Waals surface area contributed by atoms with Gasteiger partial charge in [0.25, 0.3) is 0 Å². The van der Waals surface area contributed by atoms with E-state index < -0.39 is 0 Å². The third kappa shape index (κ3) is 0.917. The summed E-state index contributed by atoms with van der Waals surface area (Å²) in [6.07, 6.45) is 2.31. The fraction of sp³-hybridized carbons (Fsp3) is 0.400. The molecule has 0 unspecified atom stereocenters. The number of nitrogen functional groups attached to an aromatic ring is 1. The molecular formula is C5H8N6. The maximum Gasteiger partial charge on any atom is 0.198 e. The Hall–Kier alpha value is -1.59. The average molecular weight is 152 g/mol. The van der Waals surface area contributed by atoms with Crippen molar-refractivity contribution in [3.63, 3.8) is 0 Å². The summed E-state index contributed by atoms with van der Waals surface area (Å²) in [5.74, 6) is 6.14. The first kappa shape index (κ1) is 6.14. The molecule has 0 spiro atoms. The number of nitrogens with zero attached hydrogens (tertiary/aromatic N) is 4. The minimum Gasteiger partial charge on any atom is -0.336 e. The van der Waals surface area contributed by atoms with E-state index >= 15 is 0 Å². The highest BCUT2D eigenvalue weighted by Gasteiger charge is 2.13. The summed E-state index contributed by atoms with van der Waals surface area (Å²) >= 11 is 0. The Morgan fingerprint density at radius 1 is 1.64 bits per heavy atom. The zero-order valence-corrected chi connectivity index (χ0v) is 5.86. The van der Waals surface area contributed by atoms with Gasteiger partial charge in [0.15, 0.2) is 5.82 Å². The summed E-state index contributed by atoms with van der Waals surface area (Å²) in [4.78, 5) is 0. The van der Waals surface area contributed by atoms with Crippen LogP contribution in [0.3, 0.4) is 0 Å². The van der Waals surface area contributed by atoms with Gasteiger partial charge in [0, 0.05) is 13.0 Å². The number of aromatic nitrogens is 3. The van der Waals surface area contributed by atoms with Crippen molar-refractivity contribution >= 4 is 5.71 Å². The number of nitrogens with one attached hydrogen (secondary N) is 1. The largest absolute Gasteiger partial charge is 0.336 e. The molecule has 0 radical (unpaired) electrons. The third-order valence-electron chi connectivity index (χ3n) is 1.52. The number of hydrogen-bond acceptors (Lipinski definition) is 5. The normalized spacial score (nSPS) is 16.2. The van der Waals surface area contributed by atoms with E-state index in [9.17, 15) is 0 Å². The first-order valence-corrected chi connectivity index (χ1v) is 3.33. The molecule has 0 saturated heterocycles. The fourth-order valence-electron chi connectivity index (χ4n) is 0.993. The smallest absolute Gasteiger partial charge is 0.198 e. The van der Waals surface area contributed by atoms with Gasteiger partial charge in [-0.3, -0.25) is 0 Å². The molecule has 0 saturated carbocycles. The summed E-state index contributed by atoms with van der Waals surface area (Å²) in [5, 5.41) is 11.5. The second-order valence-corrected chi connectivity index (χ2v) is 2.28. The van der Waals surface area contributed by atoms with Crippen LogP contribution in [0, 0.1) is 0 Å². The van der Waals surface area contributed by atoms with Gasteiger partial charge in [-0.25, -0.2) is 4.68 Å². The molecule has 0 atom stereocenters. The lowest BCUT2D eigenvalue weighted by Gasteiger charge is -1.95. The predicted molar refractivity (Wildman–Crippen MR) is 39.3 cm³/mol. The van der Waals surface area contributed by atoms with Gasteiger partial charge in [0.05, 0.1) is 0 Å². The van der Waals surface area contributed by atoms with Gasteiger partial charge in [0.1, 0.15) is 12.0 Å². The van der Waals surface area contributed by atoms with E-state index in [1.807, 2.05) is 0 Å². The molecule has 2 heterocycles. The van der Waals surface area contributed by atoms with Crippen molar-refractivity contribution in [2.24, 2.45) is 5.10 Å². The molecule has 0 amide bonds. The van der Waals surface area contributed by atoms with Crippen LogP contribution in [-0.4, -0.2) is 27.1 Å². The topological polar surface area (TPSA) is 81.1 Å². The van der Waals surface area contributed by atoms with E-state index in [-0.39, 0.29) is 0 Å². The molecule has 0 aliphatic carbocycles. The highest BCUT2D eigenvalue weighted by atomic mass is 15.4. The van der Waals surface area contributed by atoms with E-state index in [0.717, 1.165) is 18.7 Å². The Morgan fingerprint density at radius 2 is 2.55 bits per heavy atom. The summed E-state index contributed by atoms with van der Waals surface area (Å²) in [6, 6.07) is 0. The second-order valence-electron chi connectivity index (χ2n) is 2.28. The zero-order valence-electron chi connectivity index (χ0n) is 5.86. The maximum atomic E-state index is 5.50. The molecule has 0 aromatic carbocycles. The van der Waals surface area contributed by atoms with Gasteiger partial charge in [-0.05, 0) is 0 Å². The quantitative estimate of drug-likeness (QED) is 0.489. The summed E-state index contributed by atoms with van der Waals surface area (Å²) in [5.41, 5.74) is 3.70. The van der Waals surface area contributed by atoms with Crippen LogP contribution in [0.4, 0.5) is 0 Å². The van der Waals surface area contributed by atoms with Gasteiger partial charge in [0.2, 0.25) is 0 Å². The lowest BCUT2D eigenvalue weighted by Crippen LogP contribution is -2.15. The number of nitrogens with two attached hydrogens (primary N) is 1. The van der Waals surface area contributed by atoms with Crippen molar-refractivity contribution in [1.82, 2.24) is 20.3 Å². The van der Waals surface area contributed by atoms with Gasteiger partial charge in [-0.15, -0.1) is 10.2 Å². The first-order valence-electron chi connectivity index (χ1n) is 3.33. The van der Waals surface area contributed by atoms with Crippen LogP contribution >= 0.6 is 0 Å². The molecule has 6 heteroatoms. The van der Waals surface area contributed by atoms with Crippen molar-refractivity contribution in [2.45, 2.75) is 6.42 Å². The Bertz CT molecular complexity index is 287. The first-order chi connectivity index (χ1) is 5.38. The van der Waals surface area contributed by atoms with Crippen molar-refractivity contribution in [1.29, 1.82) is 0 Å². The molecule has 3 N–H and O–H groups in total. The van der Waals surface area contributed by atoms with Crippen LogP contribution in [0.5, 0.6) is 0 Å². The summed E-state index contributed by atoms with van der Waals surface area (Å²) in [7, 11) is 0. The van der Waals surface area contributed by atoms with Crippen molar-refractivity contribution in [2.75, 3.05) is 12.4 Å². The Morgan fingerprint density at radius 3 is 3.09 bits per heavy atom. The lowest BCUT2D eigenvalue weighted by atomic mass is 10.3. The van der Waals surface area contributed by atoms with Crippen molar-refractivity contribution in [3.05, 3.63) is 12.2 Å². The molecule has 11 heavy (non-hydrogen) atoms. The second kappa shape index (κ2) is 2.22. The van der Waals surface area contributed by atoms with Crippen LogP contribution in [0.2, 0.25) is 0 Å². The Balaban J connectivity index is 2.35. The molecule has 1 aromatic rings. The van der Waals surface area contributed by atoms with Crippen LogP contribution in [0.25, 0.3) is 0 Å². The van der Waals surface area contributed by atoms with E-state index in [1.165, 1.54) is 11.0 Å². The van der Waals surface area contributed by atoms with E-state index in [0.29, 0.717) is 5.82 Å². The predicted octanol–water partition coefficient (Wildman–Crippen LogP) is -1.31. The molecule has 1 aliphatic rings. The van der Waals surface area contributed by atoms with Gasteiger partial charge in [-0.2, -0.15) is 5.10 Å². The molecule has 1 aliphatic heterocycles. The molecule has 1 aromatic heterocycles. The summed E-state index contributed by atoms with van der Waals surface area (Å²) < 4.78 is 1.37. The molecular weight excluding hydrogens is 144 g/mol. The van der Waals surface area contributed by atoms with Gasteiger partial charge < -0.3 is 11.3 Å². The SMILES string of the molecule is Nn1cnnc1C1=NNCC1. The van der Waals surface area contributed by atoms with Crippen LogP contribution in [-0.2, 0) is 0 Å². The van der Waals surface area contributed by atoms with Crippen molar-refractivity contribution in [3.8, 4) is 0 Å². The molecule has 6 nitrogen and oxygen atoms in total. The lowest BCUT2D eigenvalue weighted by molar-refractivity contribution is 0.813. The Labute approximate surface area is 63.1 Å². The monoisotopic (exact) mass is 152 g/mol. The fourth-order valence-corrected chi connectivity index (χ4v) is 0.993. The number of hydrazone groups is 1. The third-order valence-corrected chi connectivity index (χ3v) is 1.52. The van der Waals surface area contributed by atoms with Gasteiger partial charge >= 0.3 is 0 Å². The minimum absolute atomic E-state index is 0.634. The number of hydrogen-bond donors (Lipinski definition) is 2. The minimum atomic E-state index is 0.634. The number of rotatable bonds is 1. The zero-order chi connectivity index (χ0) is 7.68. The highest BCUT2D eigenvalue weighted by molar-refractivity contribution is 5.98. The highest BCUT2D eigenvalue weighted by Crippen LogP contribution is 2.01. The van der Waals surface area contributed by atoms with Crippen LogP contribution < -0.4 is 11.3 Å². The van der Waals surface area contributed by atoms with Gasteiger partial charge in [-0.1, -0.05) is 0 Å². The van der Waals surface area contributed by atoms with Crippen LogP contribution in [0.1, 0.15) is 12.2 Å². The summed E-state index contributed by atoms with van der Waals surface area (Å²) in [6.45, 7) is 0.849. The molecule has 0 fully saturated rings. The van der Waals surface area contributed by atoms with E-state index in [1.54, 1.807) is 0 Å². The standard InChI is InChI=1S/C5H8N6/c6-11-3-8-10-5(11)4-1-2-7-9-4/h3,7H,1-2,6H2. The molecule has 0 bridgehead atoms. The molecule has 58 valence electrons. The van der Waals surface area contributed by atoms with Crippen LogP contribution in [0.15, 0.2) is 11.4 Å². The maximum absolute atomic E-state index is 5.50. The average Bonchev–Trinajstić information content (AvgIpc) is 2.55. The Kier molecular flexibility index (Phi) is 1.24.